The highest BCUT2D eigenvalue weighted by Crippen LogP contribution is 2.24. The number of carbonyl (C=O) groups excluding carboxylic acids is 2. The van der Waals surface area contributed by atoms with Gasteiger partial charge < -0.3 is 20.3 Å². The third kappa shape index (κ3) is 7.66. The monoisotopic (exact) mass is 495 g/mol. The number of fused-ring (bicyclic) bond motifs is 1. The fourth-order valence-corrected chi connectivity index (χ4v) is 3.40. The number of alkyl halides is 3. The first kappa shape index (κ1) is 25.9. The Hall–Kier alpha value is -3.70. The van der Waals surface area contributed by atoms with Crippen molar-refractivity contribution in [3.05, 3.63) is 58.6 Å². The fourth-order valence-electron chi connectivity index (χ4n) is 3.40. The Morgan fingerprint density at radius 2 is 2.09 bits per heavy atom. The van der Waals surface area contributed by atoms with E-state index in [0.29, 0.717) is 16.8 Å². The number of hydrogen-bond acceptors (Lipinski definition) is 6. The van der Waals surface area contributed by atoms with Crippen LogP contribution in [0, 0.1) is 5.82 Å². The predicted molar refractivity (Wildman–Crippen MR) is 121 cm³/mol. The van der Waals surface area contributed by atoms with E-state index in [1.165, 1.54) is 18.3 Å². The van der Waals surface area contributed by atoms with Crippen LogP contribution in [0.2, 0.25) is 0 Å². The van der Waals surface area contributed by atoms with Gasteiger partial charge in [-0.2, -0.15) is 23.4 Å². The highest BCUT2D eigenvalue weighted by molar-refractivity contribution is 5.95. The van der Waals surface area contributed by atoms with Gasteiger partial charge in [0.05, 0.1) is 17.5 Å². The Morgan fingerprint density at radius 3 is 2.83 bits per heavy atom. The minimum Gasteiger partial charge on any atom is -0.440 e. The Bertz CT molecular complexity index is 1070. The smallest absolute Gasteiger partial charge is 0.422 e. The number of nitrogens with one attached hydrogen (secondary N) is 2. The van der Waals surface area contributed by atoms with E-state index in [4.69, 9.17) is 0 Å². The van der Waals surface area contributed by atoms with E-state index >= 15 is 0 Å². The molecule has 0 aliphatic carbocycles. The Morgan fingerprint density at radius 1 is 1.29 bits per heavy atom. The lowest BCUT2D eigenvalue weighted by Crippen LogP contribution is -2.45. The van der Waals surface area contributed by atoms with Crippen LogP contribution < -0.4 is 10.6 Å². The second kappa shape index (κ2) is 11.6. The van der Waals surface area contributed by atoms with E-state index < -0.39 is 36.8 Å². The van der Waals surface area contributed by atoms with Gasteiger partial charge in [0.15, 0.2) is 6.61 Å². The lowest BCUT2D eigenvalue weighted by atomic mass is 9.96. The van der Waals surface area contributed by atoms with E-state index in [1.807, 2.05) is 6.92 Å². The van der Waals surface area contributed by atoms with Crippen LogP contribution in [-0.2, 0) is 17.7 Å². The van der Waals surface area contributed by atoms with Gasteiger partial charge >= 0.3 is 12.3 Å². The molecule has 2 amide bonds. The van der Waals surface area contributed by atoms with Gasteiger partial charge in [0, 0.05) is 19.3 Å². The number of benzene rings is 1. The minimum absolute atomic E-state index is 0.0740. The first-order valence-electron chi connectivity index (χ1n) is 11.0. The molecule has 188 valence electrons. The molecular formula is C23H25F4N5O3. The van der Waals surface area contributed by atoms with Gasteiger partial charge in [-0.3, -0.25) is 4.79 Å². The zero-order valence-corrected chi connectivity index (χ0v) is 18.9. The molecule has 0 radical (unpaired) electrons. The maximum Gasteiger partial charge on any atom is 0.422 e. The van der Waals surface area contributed by atoms with Gasteiger partial charge in [0.25, 0.3) is 5.91 Å². The molecule has 2 N–H and O–H groups in total. The minimum atomic E-state index is -4.64. The molecule has 0 saturated carbocycles. The maximum atomic E-state index is 14.7. The fraction of sp³-hybridized carbons (Fsp3) is 0.391. The number of dihydropyridines is 1. The molecule has 8 nitrogen and oxygen atoms in total. The van der Waals surface area contributed by atoms with Crippen LogP contribution in [0.25, 0.3) is 0 Å². The number of allylic oxidation sites excluding steroid dienone is 3. The molecule has 35 heavy (non-hydrogen) atoms. The zero-order valence-electron chi connectivity index (χ0n) is 18.9. The topological polar surface area (TPSA) is 95.4 Å². The summed E-state index contributed by atoms with van der Waals surface area (Å²) in [4.78, 5) is 25.8. The van der Waals surface area contributed by atoms with Crippen molar-refractivity contribution < 1.29 is 31.9 Å². The molecule has 0 spiro atoms. The van der Waals surface area contributed by atoms with Crippen LogP contribution in [0.1, 0.15) is 41.3 Å². The molecule has 12 heteroatoms. The zero-order chi connectivity index (χ0) is 25.4. The normalized spacial score (nSPS) is 17.8. The average molecular weight is 495 g/mol. The summed E-state index contributed by atoms with van der Waals surface area (Å²) in [6, 6.07) is 2.51. The molecule has 3 rings (SSSR count). The van der Waals surface area contributed by atoms with Crippen LogP contribution in [0.5, 0.6) is 0 Å². The number of unbranched alkanes of at least 4 members (excludes halogenated alkanes) is 1. The maximum absolute atomic E-state index is 14.7. The second-order valence-electron chi connectivity index (χ2n) is 7.88. The molecular weight excluding hydrogens is 470 g/mol. The van der Waals surface area contributed by atoms with Crippen molar-refractivity contribution in [1.29, 1.82) is 0 Å². The van der Waals surface area contributed by atoms with Crippen LogP contribution in [-0.4, -0.2) is 54.8 Å². The van der Waals surface area contributed by atoms with Crippen LogP contribution >= 0.6 is 0 Å². The summed E-state index contributed by atoms with van der Waals surface area (Å²) in [6.07, 6.45) is 3.84. The largest absolute Gasteiger partial charge is 0.440 e. The summed E-state index contributed by atoms with van der Waals surface area (Å²) < 4.78 is 55.9. The predicted octanol–water partition coefficient (Wildman–Crippen LogP) is 3.84. The standard InChI is InChI=1S/C23H25F4N5O3/c1-2-3-8-28-29-12-17-5-4-6-20(30-17)31-21(33)18-10-16-13-32(9-7-15(16)11-19(18)24)22(34)35-14-23(25,26)27/h4-6,8,10-12,20,30H,2-3,7,9,13-14H2,1H3,(H,31,33). The molecule has 2 aliphatic rings. The second-order valence-corrected chi connectivity index (χ2v) is 7.88. The lowest BCUT2D eigenvalue weighted by Gasteiger charge is -2.29. The molecule has 2 heterocycles. The van der Waals surface area contributed by atoms with Crippen LogP contribution in [0.4, 0.5) is 22.4 Å². The number of rotatable bonds is 7. The van der Waals surface area contributed by atoms with Gasteiger partial charge in [-0.05, 0) is 48.3 Å². The van der Waals surface area contributed by atoms with E-state index in [1.54, 1.807) is 24.4 Å². The molecule has 0 fully saturated rings. The summed E-state index contributed by atoms with van der Waals surface area (Å²) in [5, 5.41) is 13.5. The Kier molecular flexibility index (Phi) is 8.61. The van der Waals surface area contributed by atoms with Crippen molar-refractivity contribution in [1.82, 2.24) is 15.5 Å². The van der Waals surface area contributed by atoms with Crippen LogP contribution in [0.3, 0.4) is 0 Å². The first-order chi connectivity index (χ1) is 16.7. The summed E-state index contributed by atoms with van der Waals surface area (Å²) in [7, 11) is 0. The molecule has 1 aromatic rings. The van der Waals surface area contributed by atoms with Crippen molar-refractivity contribution in [3.8, 4) is 0 Å². The highest BCUT2D eigenvalue weighted by atomic mass is 19.4. The van der Waals surface area contributed by atoms with Gasteiger partial charge in [0.1, 0.15) is 12.0 Å². The third-order valence-corrected chi connectivity index (χ3v) is 5.11. The third-order valence-electron chi connectivity index (χ3n) is 5.11. The van der Waals surface area contributed by atoms with Gasteiger partial charge in [0.2, 0.25) is 0 Å². The lowest BCUT2D eigenvalue weighted by molar-refractivity contribution is -0.162. The van der Waals surface area contributed by atoms with Gasteiger partial charge in [-0.1, -0.05) is 19.4 Å². The molecule has 2 aliphatic heterocycles. The van der Waals surface area contributed by atoms with Crippen molar-refractivity contribution in [2.75, 3.05) is 13.2 Å². The number of hydrogen-bond donors (Lipinski definition) is 2. The van der Waals surface area contributed by atoms with Gasteiger partial charge in [-0.25, -0.2) is 9.18 Å². The number of ether oxygens (including phenoxy) is 1. The molecule has 0 saturated heterocycles. The molecule has 1 atom stereocenters. The summed E-state index contributed by atoms with van der Waals surface area (Å²) in [5.74, 6) is -1.44. The SMILES string of the molecule is CCCC=NN=CC1=CC=CC(NC(=O)c2cc3c(cc2F)CCN(C(=O)OCC(F)(F)F)C3)N1. The first-order valence-corrected chi connectivity index (χ1v) is 11.0. The number of halogens is 4. The molecule has 1 aromatic carbocycles. The Labute approximate surface area is 199 Å². The van der Waals surface area contributed by atoms with Crippen molar-refractivity contribution in [2.24, 2.45) is 10.2 Å². The molecule has 1 unspecified atom stereocenters. The molecule has 0 aromatic heterocycles. The highest BCUT2D eigenvalue weighted by Gasteiger charge is 2.32. The summed E-state index contributed by atoms with van der Waals surface area (Å²) >= 11 is 0. The van der Waals surface area contributed by atoms with Gasteiger partial charge in [-0.15, -0.1) is 0 Å². The summed E-state index contributed by atoms with van der Waals surface area (Å²) in [6.45, 7) is 0.300. The number of amides is 2. The van der Waals surface area contributed by atoms with Crippen molar-refractivity contribution in [3.63, 3.8) is 0 Å². The van der Waals surface area contributed by atoms with Crippen molar-refractivity contribution >= 4 is 24.4 Å². The summed E-state index contributed by atoms with van der Waals surface area (Å²) in [5.41, 5.74) is 1.36. The number of nitrogens with zero attached hydrogens (tertiary/aromatic N) is 3. The van der Waals surface area contributed by atoms with E-state index in [2.05, 4.69) is 25.6 Å². The van der Waals surface area contributed by atoms with E-state index in [0.717, 1.165) is 17.7 Å². The van der Waals surface area contributed by atoms with Crippen molar-refractivity contribution in [2.45, 2.75) is 45.1 Å². The average Bonchev–Trinajstić information content (AvgIpc) is 2.81. The molecule has 0 bridgehead atoms. The Balaban J connectivity index is 1.63. The van der Waals surface area contributed by atoms with Crippen LogP contribution in [0.15, 0.2) is 46.3 Å². The number of carbonyl (C=O) groups is 2. The van der Waals surface area contributed by atoms with E-state index in [9.17, 15) is 27.2 Å². The van der Waals surface area contributed by atoms with E-state index in [-0.39, 0.29) is 25.1 Å². The quantitative estimate of drug-likeness (QED) is 0.341.